The average molecular weight is 265 g/mol. The summed E-state index contributed by atoms with van der Waals surface area (Å²) in [5, 5.41) is 4.56. The largest absolute Gasteiger partial charge is 0.312 e. The number of nitrogens with one attached hydrogen (secondary N) is 1. The van der Waals surface area contributed by atoms with Gasteiger partial charge in [0.25, 0.3) is 0 Å². The van der Waals surface area contributed by atoms with Crippen LogP contribution in [-0.4, -0.2) is 30.1 Å². The van der Waals surface area contributed by atoms with Crippen LogP contribution in [-0.2, 0) is 6.54 Å². The van der Waals surface area contributed by atoms with E-state index in [4.69, 9.17) is 11.6 Å². The third-order valence-corrected chi connectivity index (χ3v) is 4.68. The molecule has 18 heavy (non-hydrogen) atoms. The van der Waals surface area contributed by atoms with E-state index >= 15 is 0 Å². The summed E-state index contributed by atoms with van der Waals surface area (Å²) in [7, 11) is 0. The van der Waals surface area contributed by atoms with E-state index in [0.717, 1.165) is 11.6 Å². The van der Waals surface area contributed by atoms with Gasteiger partial charge in [-0.3, -0.25) is 4.90 Å². The molecule has 0 saturated carbocycles. The van der Waals surface area contributed by atoms with Gasteiger partial charge in [-0.05, 0) is 50.4 Å². The van der Waals surface area contributed by atoms with Gasteiger partial charge in [0.05, 0.1) is 0 Å². The van der Waals surface area contributed by atoms with Crippen molar-refractivity contribution in [2.24, 2.45) is 0 Å². The summed E-state index contributed by atoms with van der Waals surface area (Å²) in [6, 6.07) is 9.65. The second kappa shape index (κ2) is 5.60. The van der Waals surface area contributed by atoms with E-state index in [-0.39, 0.29) is 0 Å². The van der Waals surface area contributed by atoms with Gasteiger partial charge < -0.3 is 5.32 Å². The summed E-state index contributed by atoms with van der Waals surface area (Å²) < 4.78 is 0. The Morgan fingerprint density at radius 2 is 2.11 bits per heavy atom. The van der Waals surface area contributed by atoms with Crippen molar-refractivity contribution in [1.82, 2.24) is 10.2 Å². The highest BCUT2D eigenvalue weighted by Crippen LogP contribution is 2.28. The number of benzene rings is 1. The number of halogens is 1. The Bertz CT molecular complexity index is 401. The van der Waals surface area contributed by atoms with Crippen molar-refractivity contribution >= 4 is 11.6 Å². The third kappa shape index (κ3) is 2.56. The van der Waals surface area contributed by atoms with Gasteiger partial charge in [-0.1, -0.05) is 29.8 Å². The van der Waals surface area contributed by atoms with E-state index in [0.29, 0.717) is 12.1 Å². The van der Waals surface area contributed by atoms with Gasteiger partial charge in [-0.2, -0.15) is 0 Å². The Kier molecular flexibility index (Phi) is 3.88. The van der Waals surface area contributed by atoms with Crippen LogP contribution in [0, 0.1) is 0 Å². The van der Waals surface area contributed by atoms with Gasteiger partial charge >= 0.3 is 0 Å². The molecule has 0 aromatic heterocycles. The molecule has 0 bridgehead atoms. The molecule has 2 saturated heterocycles. The smallest absolute Gasteiger partial charge is 0.0451 e. The van der Waals surface area contributed by atoms with E-state index in [1.165, 1.54) is 44.3 Å². The lowest BCUT2D eigenvalue weighted by molar-refractivity contribution is 0.206. The quantitative estimate of drug-likeness (QED) is 0.903. The van der Waals surface area contributed by atoms with Crippen molar-refractivity contribution in [3.8, 4) is 0 Å². The average Bonchev–Trinajstić information content (AvgIpc) is 3.02. The van der Waals surface area contributed by atoms with E-state index < -0.39 is 0 Å². The van der Waals surface area contributed by atoms with Crippen LogP contribution >= 0.6 is 11.6 Å². The molecular weight excluding hydrogens is 244 g/mol. The van der Waals surface area contributed by atoms with Crippen LogP contribution in [0.5, 0.6) is 0 Å². The second-order valence-corrected chi connectivity index (χ2v) is 5.88. The Morgan fingerprint density at radius 1 is 1.22 bits per heavy atom. The lowest BCUT2D eigenvalue weighted by atomic mass is 10.0. The number of nitrogens with zero attached hydrogens (tertiary/aromatic N) is 1. The van der Waals surface area contributed by atoms with Crippen molar-refractivity contribution in [2.75, 3.05) is 13.1 Å². The summed E-state index contributed by atoms with van der Waals surface area (Å²) in [5.74, 6) is 0. The highest BCUT2D eigenvalue weighted by molar-refractivity contribution is 6.31. The van der Waals surface area contributed by atoms with Gasteiger partial charge in [0.15, 0.2) is 0 Å². The molecule has 2 unspecified atom stereocenters. The molecular formula is C15H21ClN2. The monoisotopic (exact) mass is 264 g/mol. The molecule has 2 aliphatic heterocycles. The van der Waals surface area contributed by atoms with Gasteiger partial charge in [0.2, 0.25) is 0 Å². The van der Waals surface area contributed by atoms with Crippen LogP contribution in [0.2, 0.25) is 5.02 Å². The van der Waals surface area contributed by atoms with Crippen LogP contribution in [0.25, 0.3) is 0 Å². The van der Waals surface area contributed by atoms with Crippen molar-refractivity contribution < 1.29 is 0 Å². The molecule has 1 N–H and O–H groups in total. The first-order valence-corrected chi connectivity index (χ1v) is 7.43. The van der Waals surface area contributed by atoms with E-state index in [2.05, 4.69) is 22.3 Å². The minimum Gasteiger partial charge on any atom is -0.312 e. The SMILES string of the molecule is Clc1ccccc1CN1CCCC1C1CCCN1. The van der Waals surface area contributed by atoms with E-state index in [1.54, 1.807) is 0 Å². The first-order chi connectivity index (χ1) is 8.84. The molecule has 2 aliphatic rings. The van der Waals surface area contributed by atoms with Crippen LogP contribution in [0.1, 0.15) is 31.2 Å². The summed E-state index contributed by atoms with van der Waals surface area (Å²) in [4.78, 5) is 2.62. The van der Waals surface area contributed by atoms with Gasteiger partial charge in [0.1, 0.15) is 0 Å². The normalized spacial score (nSPS) is 28.9. The molecule has 3 rings (SSSR count). The zero-order valence-corrected chi connectivity index (χ0v) is 11.5. The second-order valence-electron chi connectivity index (χ2n) is 5.47. The topological polar surface area (TPSA) is 15.3 Å². The fourth-order valence-electron chi connectivity index (χ4n) is 3.39. The Balaban J connectivity index is 1.69. The molecule has 0 aliphatic carbocycles. The highest BCUT2D eigenvalue weighted by atomic mass is 35.5. The predicted octanol–water partition coefficient (Wildman–Crippen LogP) is 3.06. The van der Waals surface area contributed by atoms with Gasteiger partial charge in [-0.25, -0.2) is 0 Å². The summed E-state index contributed by atoms with van der Waals surface area (Å²) in [5.41, 5.74) is 1.27. The molecule has 0 spiro atoms. The van der Waals surface area contributed by atoms with Crippen molar-refractivity contribution in [3.63, 3.8) is 0 Å². The highest BCUT2D eigenvalue weighted by Gasteiger charge is 2.33. The zero-order chi connectivity index (χ0) is 12.4. The molecule has 0 radical (unpaired) electrons. The maximum absolute atomic E-state index is 6.27. The Morgan fingerprint density at radius 3 is 2.89 bits per heavy atom. The first kappa shape index (κ1) is 12.5. The fourth-order valence-corrected chi connectivity index (χ4v) is 3.58. The van der Waals surface area contributed by atoms with Crippen LogP contribution < -0.4 is 5.32 Å². The fraction of sp³-hybridized carbons (Fsp3) is 0.600. The molecule has 2 atom stereocenters. The molecule has 2 heterocycles. The molecule has 0 amide bonds. The maximum atomic E-state index is 6.27. The molecule has 98 valence electrons. The predicted molar refractivity (Wildman–Crippen MR) is 75.9 cm³/mol. The molecule has 3 heteroatoms. The summed E-state index contributed by atoms with van der Waals surface area (Å²) in [6.07, 6.45) is 5.33. The summed E-state index contributed by atoms with van der Waals surface area (Å²) >= 11 is 6.27. The van der Waals surface area contributed by atoms with E-state index in [1.807, 2.05) is 12.1 Å². The van der Waals surface area contributed by atoms with Gasteiger partial charge in [-0.15, -0.1) is 0 Å². The molecule has 1 aromatic rings. The minimum atomic E-state index is 0.704. The molecule has 1 aromatic carbocycles. The Labute approximate surface area is 114 Å². The van der Waals surface area contributed by atoms with Crippen molar-refractivity contribution in [1.29, 1.82) is 0 Å². The lowest BCUT2D eigenvalue weighted by Crippen LogP contribution is -2.43. The third-order valence-electron chi connectivity index (χ3n) is 4.31. The van der Waals surface area contributed by atoms with Crippen molar-refractivity contribution in [2.45, 2.75) is 44.3 Å². The standard InChI is InChI=1S/C15H21ClN2/c16-13-6-2-1-5-12(13)11-18-10-4-8-15(18)14-7-3-9-17-14/h1-2,5-6,14-15,17H,3-4,7-11H2. The summed E-state index contributed by atoms with van der Waals surface area (Å²) in [6.45, 7) is 3.41. The maximum Gasteiger partial charge on any atom is 0.0451 e. The minimum absolute atomic E-state index is 0.704. The number of hydrogen-bond donors (Lipinski definition) is 1. The van der Waals surface area contributed by atoms with Crippen LogP contribution in [0.15, 0.2) is 24.3 Å². The Hall–Kier alpha value is -0.570. The van der Waals surface area contributed by atoms with Crippen LogP contribution in [0.3, 0.4) is 0 Å². The molecule has 2 fully saturated rings. The number of hydrogen-bond acceptors (Lipinski definition) is 2. The first-order valence-electron chi connectivity index (χ1n) is 7.05. The zero-order valence-electron chi connectivity index (χ0n) is 10.7. The van der Waals surface area contributed by atoms with E-state index in [9.17, 15) is 0 Å². The number of rotatable bonds is 3. The number of likely N-dealkylation sites (tertiary alicyclic amines) is 1. The van der Waals surface area contributed by atoms with Gasteiger partial charge in [0, 0.05) is 23.7 Å². The molecule has 2 nitrogen and oxygen atoms in total. The van der Waals surface area contributed by atoms with Crippen LogP contribution in [0.4, 0.5) is 0 Å². The lowest BCUT2D eigenvalue weighted by Gasteiger charge is -2.29. The van der Waals surface area contributed by atoms with Crippen molar-refractivity contribution in [3.05, 3.63) is 34.9 Å².